The maximum absolute atomic E-state index is 8.86. The molecule has 0 spiro atoms. The van der Waals surface area contributed by atoms with Crippen molar-refractivity contribution in [2.45, 2.75) is 0 Å². The van der Waals surface area contributed by atoms with E-state index < -0.39 is 0 Å². The van der Waals surface area contributed by atoms with Gasteiger partial charge in [-0.25, -0.2) is 0 Å². The van der Waals surface area contributed by atoms with Crippen LogP contribution in [-0.4, -0.2) is 16.8 Å². The van der Waals surface area contributed by atoms with Gasteiger partial charge in [-0.05, 0) is 18.2 Å². The van der Waals surface area contributed by atoms with Crippen LogP contribution in [0.5, 0.6) is 0 Å². The summed E-state index contributed by atoms with van der Waals surface area (Å²) in [5.41, 5.74) is 7.97. The first-order valence-electron chi connectivity index (χ1n) is 5.15. The Balaban J connectivity index is 2.40. The molecule has 1 aromatic heterocycles. The van der Waals surface area contributed by atoms with E-state index in [-0.39, 0.29) is 0 Å². The molecule has 2 aromatic rings. The Kier molecular flexibility index (Phi) is 2.71. The highest BCUT2D eigenvalue weighted by Crippen LogP contribution is 2.27. The van der Waals surface area contributed by atoms with Gasteiger partial charge in [0, 0.05) is 26.0 Å². The number of nitrogens with zero attached hydrogens (tertiary/aromatic N) is 4. The van der Waals surface area contributed by atoms with Crippen LogP contribution in [0.2, 0.25) is 0 Å². The molecule has 86 valence electrons. The number of nitrogens with two attached hydrogens (primary N) is 1. The van der Waals surface area contributed by atoms with E-state index in [0.29, 0.717) is 17.1 Å². The van der Waals surface area contributed by atoms with Gasteiger partial charge in [-0.15, -0.1) is 0 Å². The van der Waals surface area contributed by atoms with E-state index in [2.05, 4.69) is 11.2 Å². The molecule has 2 rings (SSSR count). The highest BCUT2D eigenvalue weighted by Gasteiger charge is 2.11. The molecule has 5 heteroatoms. The van der Waals surface area contributed by atoms with Crippen molar-refractivity contribution in [3.8, 4) is 6.07 Å². The van der Waals surface area contributed by atoms with Gasteiger partial charge in [-0.1, -0.05) is 6.07 Å². The molecule has 0 aliphatic carbocycles. The first-order valence-corrected chi connectivity index (χ1v) is 5.15. The number of nitriles is 1. The number of aromatic nitrogens is 2. The maximum atomic E-state index is 8.86. The van der Waals surface area contributed by atoms with Crippen molar-refractivity contribution in [1.29, 1.82) is 5.26 Å². The van der Waals surface area contributed by atoms with Crippen molar-refractivity contribution < 1.29 is 0 Å². The lowest BCUT2D eigenvalue weighted by molar-refractivity contribution is 0.765. The van der Waals surface area contributed by atoms with Crippen LogP contribution in [-0.2, 0) is 7.05 Å². The number of hydrogen-bond acceptors (Lipinski definition) is 4. The van der Waals surface area contributed by atoms with Crippen molar-refractivity contribution in [2.75, 3.05) is 17.7 Å². The summed E-state index contributed by atoms with van der Waals surface area (Å²) in [6.45, 7) is 0. The van der Waals surface area contributed by atoms with Gasteiger partial charge < -0.3 is 10.6 Å². The Labute approximate surface area is 99.7 Å². The summed E-state index contributed by atoms with van der Waals surface area (Å²) in [6.07, 6.45) is 1.75. The van der Waals surface area contributed by atoms with Crippen LogP contribution in [0, 0.1) is 11.3 Å². The summed E-state index contributed by atoms with van der Waals surface area (Å²) in [6, 6.07) is 9.42. The summed E-state index contributed by atoms with van der Waals surface area (Å²) >= 11 is 0. The molecule has 0 fully saturated rings. The zero-order valence-electron chi connectivity index (χ0n) is 9.75. The van der Waals surface area contributed by atoms with E-state index in [0.717, 1.165) is 5.69 Å². The molecular formula is C12H13N5. The quantitative estimate of drug-likeness (QED) is 0.846. The molecule has 0 unspecified atom stereocenters. The minimum absolute atomic E-state index is 0.609. The molecule has 0 aliphatic heterocycles. The normalized spacial score (nSPS) is 9.94. The number of anilines is 3. The Morgan fingerprint density at radius 3 is 2.82 bits per heavy atom. The van der Waals surface area contributed by atoms with Gasteiger partial charge in [0.1, 0.15) is 0 Å². The van der Waals surface area contributed by atoms with Crippen molar-refractivity contribution in [3.05, 3.63) is 36.0 Å². The third-order valence-electron chi connectivity index (χ3n) is 2.52. The number of aryl methyl sites for hydroxylation is 1. The molecule has 0 saturated carbocycles. The van der Waals surface area contributed by atoms with Gasteiger partial charge in [-0.2, -0.15) is 10.4 Å². The lowest BCUT2D eigenvalue weighted by atomic mass is 10.2. The highest BCUT2D eigenvalue weighted by molar-refractivity contribution is 5.70. The van der Waals surface area contributed by atoms with Crippen LogP contribution >= 0.6 is 0 Å². The smallest absolute Gasteiger partial charge is 0.178 e. The van der Waals surface area contributed by atoms with E-state index in [4.69, 9.17) is 11.0 Å². The minimum atomic E-state index is 0.609. The second-order valence-electron chi connectivity index (χ2n) is 3.80. The van der Waals surface area contributed by atoms with Crippen LogP contribution in [0.1, 0.15) is 5.56 Å². The van der Waals surface area contributed by atoms with Gasteiger partial charge in [0.25, 0.3) is 0 Å². The third-order valence-corrected chi connectivity index (χ3v) is 2.52. The number of rotatable bonds is 2. The predicted molar refractivity (Wildman–Crippen MR) is 66.8 cm³/mol. The van der Waals surface area contributed by atoms with Crippen molar-refractivity contribution in [3.63, 3.8) is 0 Å². The molecule has 17 heavy (non-hydrogen) atoms. The Morgan fingerprint density at radius 1 is 1.47 bits per heavy atom. The van der Waals surface area contributed by atoms with Crippen LogP contribution in [0.25, 0.3) is 0 Å². The van der Waals surface area contributed by atoms with Gasteiger partial charge in [0.2, 0.25) is 0 Å². The van der Waals surface area contributed by atoms with Gasteiger partial charge in [0.15, 0.2) is 5.82 Å². The predicted octanol–water partition coefficient (Wildman–Crippen LogP) is 1.64. The van der Waals surface area contributed by atoms with E-state index in [1.165, 1.54) is 0 Å². The lowest BCUT2D eigenvalue weighted by Gasteiger charge is -2.17. The van der Waals surface area contributed by atoms with Gasteiger partial charge >= 0.3 is 0 Å². The van der Waals surface area contributed by atoms with Crippen molar-refractivity contribution >= 4 is 17.2 Å². The number of nitrogen functional groups attached to an aromatic ring is 1. The minimum Gasteiger partial charge on any atom is -0.394 e. The Bertz CT molecular complexity index is 579. The second kappa shape index (κ2) is 4.18. The zero-order valence-corrected chi connectivity index (χ0v) is 9.75. The number of hydrogen-bond donors (Lipinski definition) is 1. The largest absolute Gasteiger partial charge is 0.394 e. The fourth-order valence-electron chi connectivity index (χ4n) is 1.66. The average Bonchev–Trinajstić information content (AvgIpc) is 2.67. The fourth-order valence-corrected chi connectivity index (χ4v) is 1.66. The second-order valence-corrected chi connectivity index (χ2v) is 3.80. The van der Waals surface area contributed by atoms with Gasteiger partial charge in [0.05, 0.1) is 17.3 Å². The highest BCUT2D eigenvalue weighted by atomic mass is 15.3. The summed E-state index contributed by atoms with van der Waals surface area (Å²) in [4.78, 5) is 1.86. The molecule has 0 saturated heterocycles. The average molecular weight is 227 g/mol. The lowest BCUT2D eigenvalue weighted by Crippen LogP contribution is -2.12. The first-order chi connectivity index (χ1) is 8.11. The van der Waals surface area contributed by atoms with E-state index >= 15 is 0 Å². The summed E-state index contributed by atoms with van der Waals surface area (Å²) < 4.78 is 1.66. The molecule has 2 N–H and O–H groups in total. The van der Waals surface area contributed by atoms with E-state index in [1.54, 1.807) is 23.0 Å². The van der Waals surface area contributed by atoms with Crippen LogP contribution in [0.3, 0.4) is 0 Å². The van der Waals surface area contributed by atoms with Gasteiger partial charge in [-0.3, -0.25) is 4.68 Å². The molecule has 0 aliphatic rings. The summed E-state index contributed by atoms with van der Waals surface area (Å²) in [5, 5.41) is 13.1. The van der Waals surface area contributed by atoms with E-state index in [9.17, 15) is 0 Å². The number of benzene rings is 1. The standard InChI is InChI=1S/C12H13N5/c1-16-8-11(14)12(15-16)17(2)10-5-3-4-9(6-10)7-13/h3-6,8H,14H2,1-2H3. The molecule has 1 heterocycles. The van der Waals surface area contributed by atoms with Crippen molar-refractivity contribution in [1.82, 2.24) is 9.78 Å². The Hall–Kier alpha value is -2.48. The summed E-state index contributed by atoms with van der Waals surface area (Å²) in [7, 11) is 3.69. The zero-order chi connectivity index (χ0) is 12.4. The molecule has 1 aromatic carbocycles. The molecule has 0 bridgehead atoms. The SMILES string of the molecule is CN(c1cccc(C#N)c1)c1nn(C)cc1N. The van der Waals surface area contributed by atoms with Crippen LogP contribution < -0.4 is 10.6 Å². The maximum Gasteiger partial charge on any atom is 0.178 e. The molecule has 0 amide bonds. The Morgan fingerprint density at radius 2 is 2.24 bits per heavy atom. The fraction of sp³-hybridized carbons (Fsp3) is 0.167. The van der Waals surface area contributed by atoms with Crippen molar-refractivity contribution in [2.24, 2.45) is 7.05 Å². The first kappa shape index (κ1) is 11.0. The van der Waals surface area contributed by atoms with E-state index in [1.807, 2.05) is 31.1 Å². The third kappa shape index (κ3) is 2.06. The molecule has 0 radical (unpaired) electrons. The molecular weight excluding hydrogens is 214 g/mol. The van der Waals surface area contributed by atoms with Crippen LogP contribution in [0.15, 0.2) is 30.5 Å². The monoisotopic (exact) mass is 227 g/mol. The molecule has 0 atom stereocenters. The summed E-state index contributed by atoms with van der Waals surface area (Å²) in [5.74, 6) is 0.683. The molecule has 5 nitrogen and oxygen atoms in total. The van der Waals surface area contributed by atoms with Crippen LogP contribution in [0.4, 0.5) is 17.2 Å². The topological polar surface area (TPSA) is 70.9 Å².